The lowest BCUT2D eigenvalue weighted by Crippen LogP contribution is -2.17. The number of allylic oxidation sites excluding steroid dienone is 1. The quantitative estimate of drug-likeness (QED) is 0.185. The topological polar surface area (TPSA) is 69.6 Å². The molecule has 9 aromatic rings. The first kappa shape index (κ1) is 30.0. The number of hydrogen-bond donors (Lipinski definition) is 0. The summed E-state index contributed by atoms with van der Waals surface area (Å²) in [6, 6.07) is 42.2. The van der Waals surface area contributed by atoms with Gasteiger partial charge in [0.1, 0.15) is 16.8 Å². The highest BCUT2D eigenvalue weighted by Crippen LogP contribution is 2.53. The number of furan rings is 1. The Morgan fingerprint density at radius 3 is 2.28 bits per heavy atom. The summed E-state index contributed by atoms with van der Waals surface area (Å²) >= 11 is 0. The second-order valence-electron chi connectivity index (χ2n) is 14.5. The van der Waals surface area contributed by atoms with Gasteiger partial charge in [0.05, 0.1) is 5.56 Å². The fourth-order valence-electron chi connectivity index (χ4n) is 8.77. The fourth-order valence-corrected chi connectivity index (χ4v) is 8.77. The van der Waals surface area contributed by atoms with Crippen molar-refractivity contribution in [1.82, 2.24) is 24.5 Å². The second kappa shape index (κ2) is 11.2. The van der Waals surface area contributed by atoms with Crippen LogP contribution in [0.5, 0.6) is 0 Å². The Morgan fingerprint density at radius 1 is 0.642 bits per heavy atom. The Balaban J connectivity index is 1.10. The minimum atomic E-state index is -0.341. The SMILES string of the molecule is CC1(C)c2cc(-n3c4c(c5cccnc53)C=CCC4)ccc2-c2cccc(-c3nc(-c4ccccc4)nc(-c4cccc5c4oc4ccccc45)n3)c21. The molecule has 0 spiro atoms. The zero-order chi connectivity index (χ0) is 35.3. The molecule has 5 aromatic carbocycles. The van der Waals surface area contributed by atoms with Crippen molar-refractivity contribution in [2.75, 3.05) is 0 Å². The summed E-state index contributed by atoms with van der Waals surface area (Å²) in [6.07, 6.45) is 8.45. The summed E-state index contributed by atoms with van der Waals surface area (Å²) in [5.41, 5.74) is 13.7. The maximum absolute atomic E-state index is 6.47. The van der Waals surface area contributed by atoms with Crippen molar-refractivity contribution in [3.05, 3.63) is 156 Å². The van der Waals surface area contributed by atoms with Crippen LogP contribution < -0.4 is 0 Å². The number of rotatable bonds is 4. The molecule has 0 bridgehead atoms. The average Bonchev–Trinajstić information content (AvgIpc) is 3.83. The van der Waals surface area contributed by atoms with Crippen LogP contribution in [0.15, 0.2) is 138 Å². The minimum absolute atomic E-state index is 0.341. The van der Waals surface area contributed by atoms with Crippen molar-refractivity contribution in [1.29, 1.82) is 0 Å². The highest BCUT2D eigenvalue weighted by molar-refractivity contribution is 6.09. The van der Waals surface area contributed by atoms with Crippen LogP contribution in [0.25, 0.3) is 90.0 Å². The van der Waals surface area contributed by atoms with E-state index in [2.05, 4.69) is 103 Å². The molecule has 6 nitrogen and oxygen atoms in total. The zero-order valence-electron chi connectivity index (χ0n) is 29.3. The van der Waals surface area contributed by atoms with Crippen LogP contribution in [0.3, 0.4) is 0 Å². The molecule has 0 radical (unpaired) electrons. The van der Waals surface area contributed by atoms with Crippen LogP contribution in [-0.4, -0.2) is 24.5 Å². The third-order valence-electron chi connectivity index (χ3n) is 11.2. The summed E-state index contributed by atoms with van der Waals surface area (Å²) in [6.45, 7) is 4.65. The predicted molar refractivity (Wildman–Crippen MR) is 213 cm³/mol. The maximum atomic E-state index is 6.47. The second-order valence-corrected chi connectivity index (χ2v) is 14.5. The van der Waals surface area contributed by atoms with E-state index >= 15 is 0 Å². The molecule has 11 rings (SSSR count). The molecule has 0 saturated heterocycles. The van der Waals surface area contributed by atoms with Crippen LogP contribution in [0.4, 0.5) is 0 Å². The molecular weight excluding hydrogens is 651 g/mol. The highest BCUT2D eigenvalue weighted by Gasteiger charge is 2.39. The molecule has 252 valence electrons. The molecule has 0 amide bonds. The Kier molecular flexibility index (Phi) is 6.32. The first-order chi connectivity index (χ1) is 26.0. The zero-order valence-corrected chi connectivity index (χ0v) is 29.3. The molecule has 2 aliphatic carbocycles. The number of benzene rings is 5. The summed E-state index contributed by atoms with van der Waals surface area (Å²) in [7, 11) is 0. The molecule has 53 heavy (non-hydrogen) atoms. The van der Waals surface area contributed by atoms with Gasteiger partial charge in [0, 0.05) is 55.8 Å². The van der Waals surface area contributed by atoms with Crippen LogP contribution in [0, 0.1) is 0 Å². The van der Waals surface area contributed by atoms with Crippen LogP contribution >= 0.6 is 0 Å². The molecule has 0 N–H and O–H groups in total. The number of nitrogens with zero attached hydrogens (tertiary/aromatic N) is 5. The monoisotopic (exact) mass is 683 g/mol. The number of aromatic nitrogens is 5. The van der Waals surface area contributed by atoms with Crippen molar-refractivity contribution in [3.8, 4) is 51.0 Å². The van der Waals surface area contributed by atoms with E-state index in [-0.39, 0.29) is 5.41 Å². The highest BCUT2D eigenvalue weighted by atomic mass is 16.3. The molecule has 0 fully saturated rings. The molecule has 0 unspecified atom stereocenters. The Morgan fingerprint density at radius 2 is 1.38 bits per heavy atom. The maximum Gasteiger partial charge on any atom is 0.167 e. The van der Waals surface area contributed by atoms with Crippen LogP contribution in [-0.2, 0) is 11.8 Å². The van der Waals surface area contributed by atoms with Gasteiger partial charge >= 0.3 is 0 Å². The van der Waals surface area contributed by atoms with Crippen molar-refractivity contribution >= 4 is 39.0 Å². The smallest absolute Gasteiger partial charge is 0.167 e. The minimum Gasteiger partial charge on any atom is -0.455 e. The summed E-state index contributed by atoms with van der Waals surface area (Å²) < 4.78 is 8.84. The van der Waals surface area contributed by atoms with E-state index in [1.54, 1.807) is 0 Å². The fraction of sp³-hybridized carbons (Fsp3) is 0.106. The summed E-state index contributed by atoms with van der Waals surface area (Å²) in [5, 5.41) is 3.31. The van der Waals surface area contributed by atoms with Crippen molar-refractivity contribution in [2.45, 2.75) is 32.1 Å². The van der Waals surface area contributed by atoms with E-state index in [0.29, 0.717) is 17.5 Å². The van der Waals surface area contributed by atoms with Gasteiger partial charge in [-0.3, -0.25) is 4.57 Å². The molecule has 4 heterocycles. The molecule has 0 atom stereocenters. The van der Waals surface area contributed by atoms with Crippen LogP contribution in [0.1, 0.15) is 42.7 Å². The molecule has 4 aromatic heterocycles. The number of para-hydroxylation sites is 2. The van der Waals surface area contributed by atoms with Gasteiger partial charge in [-0.2, -0.15) is 0 Å². The number of fused-ring (bicyclic) bond motifs is 9. The average molecular weight is 684 g/mol. The van der Waals surface area contributed by atoms with Crippen molar-refractivity contribution < 1.29 is 4.42 Å². The lowest BCUT2D eigenvalue weighted by molar-refractivity contribution is 0.660. The first-order valence-corrected chi connectivity index (χ1v) is 18.2. The third-order valence-corrected chi connectivity index (χ3v) is 11.2. The number of hydrogen-bond acceptors (Lipinski definition) is 5. The summed E-state index contributed by atoms with van der Waals surface area (Å²) in [4.78, 5) is 20.4. The van der Waals surface area contributed by atoms with E-state index in [1.165, 1.54) is 38.9 Å². The van der Waals surface area contributed by atoms with Gasteiger partial charge in [-0.05, 0) is 71.5 Å². The van der Waals surface area contributed by atoms with E-state index < -0.39 is 0 Å². The van der Waals surface area contributed by atoms with Gasteiger partial charge in [-0.1, -0.05) is 111 Å². The normalized spacial score (nSPS) is 14.2. The van der Waals surface area contributed by atoms with Gasteiger partial charge < -0.3 is 4.42 Å². The lowest BCUT2D eigenvalue weighted by atomic mass is 9.80. The van der Waals surface area contributed by atoms with E-state index in [9.17, 15) is 0 Å². The Hall–Kier alpha value is -6.66. The molecule has 0 aliphatic heterocycles. The largest absolute Gasteiger partial charge is 0.455 e. The lowest BCUT2D eigenvalue weighted by Gasteiger charge is -2.25. The van der Waals surface area contributed by atoms with E-state index in [0.717, 1.165) is 62.8 Å². The van der Waals surface area contributed by atoms with Gasteiger partial charge in [-0.15, -0.1) is 0 Å². The molecular formula is C47H33N5O. The standard InChI is InChI=1S/C47H33N5O/c1-47(2)38-27-29(52-39-22-8-6-15-31(39)35-21-12-26-48-46(35)52)24-25-30(38)33-17-10-19-36(41(33)47)44-49-43(28-13-4-3-5-14-28)50-45(51-44)37-20-11-18-34-32-16-7-9-23-40(32)53-42(34)37/h3-7,9-21,23-27H,8,22H2,1-2H3. The number of pyridine rings is 1. The third kappa shape index (κ3) is 4.39. The van der Waals surface area contributed by atoms with Gasteiger partial charge in [0.25, 0.3) is 0 Å². The molecule has 0 saturated carbocycles. The van der Waals surface area contributed by atoms with Crippen molar-refractivity contribution in [3.63, 3.8) is 0 Å². The summed E-state index contributed by atoms with van der Waals surface area (Å²) in [5.74, 6) is 1.84. The van der Waals surface area contributed by atoms with Crippen molar-refractivity contribution in [2.24, 2.45) is 0 Å². The predicted octanol–water partition coefficient (Wildman–Crippen LogP) is 11.4. The molecule has 6 heteroatoms. The van der Waals surface area contributed by atoms with Gasteiger partial charge in [0.15, 0.2) is 17.5 Å². The van der Waals surface area contributed by atoms with E-state index in [4.69, 9.17) is 24.4 Å². The molecule has 2 aliphatic rings. The van der Waals surface area contributed by atoms with E-state index in [1.807, 2.05) is 54.7 Å². The van der Waals surface area contributed by atoms with Gasteiger partial charge in [-0.25, -0.2) is 19.9 Å². The first-order valence-electron chi connectivity index (χ1n) is 18.2. The Labute approximate surface area is 306 Å². The van der Waals surface area contributed by atoms with Gasteiger partial charge in [0.2, 0.25) is 0 Å². The van der Waals surface area contributed by atoms with Crippen LogP contribution in [0.2, 0.25) is 0 Å². The Bertz CT molecular complexity index is 2990.